The number of quaternary nitrogens is 2. The van der Waals surface area contributed by atoms with Crippen LogP contribution in [0, 0.1) is 10.4 Å². The lowest BCUT2D eigenvalue weighted by Crippen LogP contribution is -2.76. The van der Waals surface area contributed by atoms with Crippen molar-refractivity contribution in [2.75, 3.05) is 47.7 Å². The number of carbonyl (C=O) groups excluding carboxylic acids is 3. The van der Waals surface area contributed by atoms with Crippen molar-refractivity contribution < 1.29 is 54.0 Å². The summed E-state index contributed by atoms with van der Waals surface area (Å²) in [5.41, 5.74) is -0.109. The first kappa shape index (κ1) is 43.0. The molecule has 0 bridgehead atoms. The van der Waals surface area contributed by atoms with Crippen LogP contribution in [-0.2, 0) is 57.5 Å². The van der Waals surface area contributed by atoms with Gasteiger partial charge >= 0.3 is 32.2 Å². The van der Waals surface area contributed by atoms with E-state index in [0.717, 1.165) is 12.1 Å². The third kappa shape index (κ3) is 6.69. The number of hydrogen-bond donors (Lipinski definition) is 2. The molecule has 3 atom stereocenters. The highest BCUT2D eigenvalue weighted by Crippen LogP contribution is 2.54. The summed E-state index contributed by atoms with van der Waals surface area (Å²) in [6.07, 6.45) is 2.79. The molecule has 5 heterocycles. The smallest absolute Gasteiger partial charge is 0.542 e. The van der Waals surface area contributed by atoms with Gasteiger partial charge in [-0.2, -0.15) is 8.42 Å². The number of Topliss-reactive ketones (excluding diaryl/α,β-unsaturated/α-hetero) is 1. The highest BCUT2D eigenvalue weighted by molar-refractivity contribution is 7.98. The molecule has 318 valence electrons. The number of phenolic OH excluding ortho intramolecular Hbond substituents is 2. The molecule has 26 heteroatoms. The molecule has 2 N–H and O–H groups in total. The van der Waals surface area contributed by atoms with Gasteiger partial charge in [-0.15, -0.1) is 8.42 Å². The average molecular weight is 907 g/mol. The fraction of sp³-hybridized carbons (Fsp3) is 0.531. The highest BCUT2D eigenvalue weighted by atomic mass is 32.2. The lowest BCUT2D eigenvalue weighted by atomic mass is 10.0. The van der Waals surface area contributed by atoms with Crippen LogP contribution in [0.1, 0.15) is 56.6 Å². The van der Waals surface area contributed by atoms with E-state index in [1.807, 2.05) is 0 Å². The van der Waals surface area contributed by atoms with Gasteiger partial charge in [-0.25, -0.2) is 17.5 Å². The van der Waals surface area contributed by atoms with E-state index in [1.54, 1.807) is 6.92 Å². The van der Waals surface area contributed by atoms with Crippen LogP contribution >= 0.6 is 23.9 Å². The fourth-order valence-electron chi connectivity index (χ4n) is 7.86. The Balaban J connectivity index is 1.32. The predicted octanol–water partition coefficient (Wildman–Crippen LogP) is 1.51. The zero-order valence-electron chi connectivity index (χ0n) is 31.2. The van der Waals surface area contributed by atoms with Crippen molar-refractivity contribution in [2.45, 2.75) is 63.5 Å². The van der Waals surface area contributed by atoms with Gasteiger partial charge in [0, 0.05) is 60.0 Å². The third-order valence-electron chi connectivity index (χ3n) is 10.7. The molecule has 0 aromatic heterocycles. The van der Waals surface area contributed by atoms with Gasteiger partial charge in [-0.05, 0) is 92.7 Å². The van der Waals surface area contributed by atoms with Crippen molar-refractivity contribution in [2.24, 2.45) is 0 Å². The Bertz CT molecular complexity index is 2360. The second kappa shape index (κ2) is 15.7. The molecule has 2 aromatic carbocycles. The Morgan fingerprint density at radius 1 is 0.897 bits per heavy atom. The van der Waals surface area contributed by atoms with Crippen LogP contribution in [0.5, 0.6) is 11.5 Å². The van der Waals surface area contributed by atoms with E-state index in [4.69, 9.17) is 0 Å². The minimum atomic E-state index is -5.86. The molecule has 0 saturated carbocycles. The second-order valence-corrected chi connectivity index (χ2v) is 22.4. The average Bonchev–Trinajstić information content (AvgIpc) is 3.95. The molecule has 2 aromatic rings. The molecule has 0 aliphatic carbocycles. The van der Waals surface area contributed by atoms with Gasteiger partial charge in [0.2, 0.25) is 12.2 Å². The number of anilines is 1. The zero-order valence-corrected chi connectivity index (χ0v) is 35.2. The van der Waals surface area contributed by atoms with Crippen LogP contribution in [0.25, 0.3) is 0 Å². The molecule has 21 nitrogen and oxygen atoms in total. The van der Waals surface area contributed by atoms with E-state index >= 15 is 8.42 Å². The van der Waals surface area contributed by atoms with E-state index in [2.05, 4.69) is 0 Å². The SMILES string of the molecule is CCC(=O)CCc1ccc(N2CC(=O)N([N+]3(N4SCCN4[O-])C(=O)C[N+](c4ccc(CCCC5CCCS5(=O)=O)cc4O)(N4SCCN4[O-])S3(=O)=O)S2(=O)=O)c(O)c1. The number of carbonyl (C=O) groups is 3. The molecule has 58 heavy (non-hydrogen) atoms. The van der Waals surface area contributed by atoms with Crippen molar-refractivity contribution in [3.8, 4) is 11.5 Å². The van der Waals surface area contributed by atoms with Gasteiger partial charge in [-0.1, -0.05) is 19.1 Å². The van der Waals surface area contributed by atoms with Gasteiger partial charge in [0.25, 0.3) is 0 Å². The summed E-state index contributed by atoms with van der Waals surface area (Å²) in [5.74, 6) is -4.47. The Hall–Kier alpha value is -3.12. The van der Waals surface area contributed by atoms with Crippen molar-refractivity contribution in [1.29, 1.82) is 0 Å². The third-order valence-corrected chi connectivity index (χ3v) is 19.6. The normalized spacial score (nSPS) is 29.0. The molecule has 0 radical (unpaired) electrons. The highest BCUT2D eigenvalue weighted by Gasteiger charge is 2.87. The maximum Gasteiger partial charge on any atom is 0.542 e. The summed E-state index contributed by atoms with van der Waals surface area (Å²) >= 11 is 1.11. The number of sulfone groups is 1. The molecule has 5 aliphatic heterocycles. The van der Waals surface area contributed by atoms with Gasteiger partial charge < -0.3 is 20.6 Å². The number of nitrogens with zero attached hydrogens (tertiary/aromatic N) is 8. The topological polar surface area (TPSA) is 260 Å². The molecule has 3 unspecified atom stereocenters. The van der Waals surface area contributed by atoms with E-state index in [1.165, 1.54) is 24.3 Å². The maximum absolute atomic E-state index is 15.7. The number of hydroxylamine groups is 2. The first-order valence-electron chi connectivity index (χ1n) is 18.4. The molecule has 2 amide bonds. The molecule has 5 saturated heterocycles. The van der Waals surface area contributed by atoms with Crippen molar-refractivity contribution in [3.05, 3.63) is 57.9 Å². The summed E-state index contributed by atoms with van der Waals surface area (Å²) in [6, 6.07) is 7.55. The van der Waals surface area contributed by atoms with Gasteiger partial charge in [0.1, 0.15) is 22.2 Å². The molecular weight excluding hydrogens is 865 g/mol. The number of aromatic hydroxyl groups is 2. The second-order valence-electron chi connectivity index (χ2n) is 14.3. The quantitative estimate of drug-likeness (QED) is 0.213. The van der Waals surface area contributed by atoms with Crippen LogP contribution in [0.3, 0.4) is 0 Å². The van der Waals surface area contributed by atoms with Crippen LogP contribution in [-0.4, -0.2) is 130 Å². The number of ketones is 1. The van der Waals surface area contributed by atoms with E-state index in [0.29, 0.717) is 74.1 Å². The minimum Gasteiger partial charge on any atom is -0.767 e. The number of rotatable bonds is 13. The monoisotopic (exact) mass is 906 g/mol. The Morgan fingerprint density at radius 2 is 1.53 bits per heavy atom. The standard InChI is InChI=1S/C32H42N8O13S5/c1-2-25(41)11-8-24-9-12-27(29(42)19-24)33-21-31(44)36(57(33,50)51)40(38-35(47)15-17-55-38)32(45)22-39(58(40,52)53,37-34(46)14-16-54-37)28-13-10-23(20-30(28)43)5-3-6-26-7-4-18-56(26,48)49/h9-10,12-13,19-20,26,42-43H,2-8,11,14-18,21-22H2,1H3. The minimum absolute atomic E-state index is 0.00112. The largest absolute Gasteiger partial charge is 0.767 e. The molecule has 7 rings (SSSR count). The van der Waals surface area contributed by atoms with Crippen LogP contribution in [0.2, 0.25) is 0 Å². The van der Waals surface area contributed by atoms with Gasteiger partial charge in [0.15, 0.2) is 15.6 Å². The number of benzene rings is 2. The predicted molar refractivity (Wildman–Crippen MR) is 212 cm³/mol. The Morgan fingerprint density at radius 3 is 2.12 bits per heavy atom. The number of phenols is 2. The summed E-state index contributed by atoms with van der Waals surface area (Å²) in [6.45, 7) is -1.42. The fourth-order valence-corrected chi connectivity index (χ4v) is 16.8. The van der Waals surface area contributed by atoms with E-state index < -0.39 is 97.9 Å². The lowest BCUT2D eigenvalue weighted by Gasteiger charge is -2.44. The summed E-state index contributed by atoms with van der Waals surface area (Å²) < 4.78 is 82.1. The number of hydrogen-bond acceptors (Lipinski definition) is 19. The Kier molecular flexibility index (Phi) is 11.7. The van der Waals surface area contributed by atoms with Crippen LogP contribution in [0.4, 0.5) is 11.4 Å². The number of hydrazine groups is 2. The number of aryl methyl sites for hydroxylation is 2. The molecule has 5 aliphatic rings. The summed E-state index contributed by atoms with van der Waals surface area (Å²) in [4.78, 5) is 40.9. The summed E-state index contributed by atoms with van der Waals surface area (Å²) in [7, 11) is -14.6. The molecular formula is C32H42N8O13S5. The van der Waals surface area contributed by atoms with Crippen molar-refractivity contribution in [1.82, 2.24) is 27.8 Å². The lowest BCUT2D eigenvalue weighted by molar-refractivity contribution is -0.929. The summed E-state index contributed by atoms with van der Waals surface area (Å²) in [5, 5.41) is 49.4. The van der Waals surface area contributed by atoms with Crippen molar-refractivity contribution in [3.63, 3.8) is 0 Å². The molecule has 0 spiro atoms. The first-order chi connectivity index (χ1) is 27.3. The van der Waals surface area contributed by atoms with Gasteiger partial charge in [0.05, 0.1) is 16.7 Å². The van der Waals surface area contributed by atoms with E-state index in [-0.39, 0.29) is 70.0 Å². The zero-order chi connectivity index (χ0) is 42.0. The van der Waals surface area contributed by atoms with Gasteiger partial charge in [-0.3, -0.25) is 19.9 Å². The number of amides is 2. The molecule has 5 fully saturated rings. The Labute approximate surface area is 344 Å². The maximum atomic E-state index is 15.7. The van der Waals surface area contributed by atoms with E-state index in [9.17, 15) is 51.8 Å². The van der Waals surface area contributed by atoms with Crippen LogP contribution < -0.4 is 8.30 Å². The van der Waals surface area contributed by atoms with Crippen molar-refractivity contribution >= 4 is 83.1 Å². The first-order valence-corrected chi connectivity index (χ1v) is 24.8. The van der Waals surface area contributed by atoms with Crippen LogP contribution in [0.15, 0.2) is 36.4 Å².